The SMILES string of the molecule is CCn1ncnc1CN1CCCC(CN2CCN(C)CC2)C1. The number of piperazine rings is 1. The third kappa shape index (κ3) is 4.06. The molecule has 22 heavy (non-hydrogen) atoms. The van der Waals surface area contributed by atoms with E-state index in [1.54, 1.807) is 6.33 Å². The third-order valence-electron chi connectivity index (χ3n) is 5.08. The molecule has 1 aromatic rings. The molecule has 0 radical (unpaired) electrons. The van der Waals surface area contributed by atoms with Crippen molar-refractivity contribution >= 4 is 0 Å². The van der Waals surface area contributed by atoms with Crippen LogP contribution < -0.4 is 0 Å². The fraction of sp³-hybridized carbons (Fsp3) is 0.875. The Hall–Kier alpha value is -0.980. The normalized spacial score (nSPS) is 25.6. The average Bonchev–Trinajstić information content (AvgIpc) is 2.97. The Bertz CT molecular complexity index is 451. The summed E-state index contributed by atoms with van der Waals surface area (Å²) in [6.07, 6.45) is 4.38. The fourth-order valence-corrected chi connectivity index (χ4v) is 3.71. The molecule has 6 nitrogen and oxygen atoms in total. The van der Waals surface area contributed by atoms with Crippen molar-refractivity contribution in [3.05, 3.63) is 12.2 Å². The quantitative estimate of drug-likeness (QED) is 0.803. The summed E-state index contributed by atoms with van der Waals surface area (Å²) in [5, 5.41) is 4.29. The Balaban J connectivity index is 1.49. The lowest BCUT2D eigenvalue weighted by molar-refractivity contribution is 0.0950. The first-order chi connectivity index (χ1) is 10.7. The second kappa shape index (κ2) is 7.53. The molecule has 1 aromatic heterocycles. The highest BCUT2D eigenvalue weighted by Gasteiger charge is 2.24. The van der Waals surface area contributed by atoms with Crippen LogP contribution in [0.25, 0.3) is 0 Å². The molecule has 0 spiro atoms. The van der Waals surface area contributed by atoms with Crippen LogP contribution in [0, 0.1) is 5.92 Å². The zero-order chi connectivity index (χ0) is 15.4. The van der Waals surface area contributed by atoms with Gasteiger partial charge < -0.3 is 9.80 Å². The fourth-order valence-electron chi connectivity index (χ4n) is 3.71. The Kier molecular flexibility index (Phi) is 5.44. The average molecular weight is 306 g/mol. The van der Waals surface area contributed by atoms with Crippen molar-refractivity contribution in [3.8, 4) is 0 Å². The molecule has 0 bridgehead atoms. The van der Waals surface area contributed by atoms with Gasteiger partial charge in [-0.3, -0.25) is 4.90 Å². The van der Waals surface area contributed by atoms with Crippen molar-refractivity contribution in [1.82, 2.24) is 29.5 Å². The van der Waals surface area contributed by atoms with Gasteiger partial charge in [-0.1, -0.05) is 0 Å². The van der Waals surface area contributed by atoms with Crippen LogP contribution in [0.5, 0.6) is 0 Å². The van der Waals surface area contributed by atoms with Crippen LogP contribution >= 0.6 is 0 Å². The zero-order valence-electron chi connectivity index (χ0n) is 14.1. The van der Waals surface area contributed by atoms with Crippen LogP contribution in [0.1, 0.15) is 25.6 Å². The Labute approximate surface area is 134 Å². The Morgan fingerprint density at radius 1 is 1.14 bits per heavy atom. The number of aromatic nitrogens is 3. The number of rotatable bonds is 5. The molecule has 0 N–H and O–H groups in total. The van der Waals surface area contributed by atoms with E-state index in [4.69, 9.17) is 0 Å². The molecule has 1 atom stereocenters. The predicted octanol–water partition coefficient (Wildman–Crippen LogP) is 0.757. The molecule has 0 aromatic carbocycles. The van der Waals surface area contributed by atoms with Crippen molar-refractivity contribution in [2.24, 2.45) is 5.92 Å². The van der Waals surface area contributed by atoms with Crippen molar-refractivity contribution < 1.29 is 0 Å². The first-order valence-corrected chi connectivity index (χ1v) is 8.74. The van der Waals surface area contributed by atoms with E-state index >= 15 is 0 Å². The molecule has 0 saturated carbocycles. The van der Waals surface area contributed by atoms with Crippen LogP contribution in [0.15, 0.2) is 6.33 Å². The monoisotopic (exact) mass is 306 g/mol. The van der Waals surface area contributed by atoms with Gasteiger partial charge in [0.2, 0.25) is 0 Å². The third-order valence-corrected chi connectivity index (χ3v) is 5.08. The van der Waals surface area contributed by atoms with E-state index in [1.807, 2.05) is 4.68 Å². The van der Waals surface area contributed by atoms with E-state index in [9.17, 15) is 0 Å². The maximum Gasteiger partial charge on any atom is 0.140 e. The molecule has 3 heterocycles. The smallest absolute Gasteiger partial charge is 0.140 e. The largest absolute Gasteiger partial charge is 0.304 e. The van der Waals surface area contributed by atoms with E-state index in [2.05, 4.69) is 38.8 Å². The Morgan fingerprint density at radius 2 is 1.95 bits per heavy atom. The number of likely N-dealkylation sites (N-methyl/N-ethyl adjacent to an activating group) is 1. The van der Waals surface area contributed by atoms with Gasteiger partial charge >= 0.3 is 0 Å². The van der Waals surface area contributed by atoms with Gasteiger partial charge in [0.15, 0.2) is 0 Å². The summed E-state index contributed by atoms with van der Waals surface area (Å²) in [6.45, 7) is 12.6. The maximum absolute atomic E-state index is 4.42. The van der Waals surface area contributed by atoms with Crippen molar-refractivity contribution in [1.29, 1.82) is 0 Å². The van der Waals surface area contributed by atoms with Crippen LogP contribution in [0.4, 0.5) is 0 Å². The lowest BCUT2D eigenvalue weighted by atomic mass is 9.97. The van der Waals surface area contributed by atoms with E-state index in [0.29, 0.717) is 0 Å². The summed E-state index contributed by atoms with van der Waals surface area (Å²) in [4.78, 5) is 12.1. The maximum atomic E-state index is 4.42. The molecule has 2 aliphatic heterocycles. The van der Waals surface area contributed by atoms with Gasteiger partial charge in [0.1, 0.15) is 12.2 Å². The van der Waals surface area contributed by atoms with Gasteiger partial charge in [-0.25, -0.2) is 9.67 Å². The Morgan fingerprint density at radius 3 is 2.73 bits per heavy atom. The molecule has 3 rings (SSSR count). The molecule has 124 valence electrons. The highest BCUT2D eigenvalue weighted by Crippen LogP contribution is 2.19. The lowest BCUT2D eigenvalue weighted by Crippen LogP contribution is -2.48. The number of aryl methyl sites for hydroxylation is 1. The van der Waals surface area contributed by atoms with Gasteiger partial charge in [0, 0.05) is 45.8 Å². The van der Waals surface area contributed by atoms with Crippen LogP contribution in [-0.4, -0.2) is 82.3 Å². The molecule has 2 saturated heterocycles. The molecular weight excluding hydrogens is 276 g/mol. The molecule has 0 amide bonds. The highest BCUT2D eigenvalue weighted by atomic mass is 15.3. The molecule has 2 fully saturated rings. The highest BCUT2D eigenvalue weighted by molar-refractivity contribution is 4.87. The van der Waals surface area contributed by atoms with Crippen molar-refractivity contribution in [2.75, 3.05) is 52.9 Å². The molecule has 0 aliphatic carbocycles. The van der Waals surface area contributed by atoms with Crippen molar-refractivity contribution in [2.45, 2.75) is 32.9 Å². The van der Waals surface area contributed by atoms with E-state index in [0.717, 1.165) is 24.8 Å². The van der Waals surface area contributed by atoms with Gasteiger partial charge in [-0.15, -0.1) is 0 Å². The van der Waals surface area contributed by atoms with Crippen LogP contribution in [-0.2, 0) is 13.1 Å². The predicted molar refractivity (Wildman–Crippen MR) is 87.6 cm³/mol. The molecule has 6 heteroatoms. The molecule has 1 unspecified atom stereocenters. The topological polar surface area (TPSA) is 40.4 Å². The summed E-state index contributed by atoms with van der Waals surface area (Å²) in [5.74, 6) is 1.93. The lowest BCUT2D eigenvalue weighted by Gasteiger charge is -2.38. The molecular formula is C16H30N6. The minimum absolute atomic E-state index is 0.815. The zero-order valence-corrected chi connectivity index (χ0v) is 14.1. The number of hydrogen-bond acceptors (Lipinski definition) is 5. The minimum atomic E-state index is 0.815. The summed E-state index contributed by atoms with van der Waals surface area (Å²) < 4.78 is 2.02. The summed E-state index contributed by atoms with van der Waals surface area (Å²) >= 11 is 0. The minimum Gasteiger partial charge on any atom is -0.304 e. The number of likely N-dealkylation sites (tertiary alicyclic amines) is 1. The second-order valence-corrected chi connectivity index (χ2v) is 6.84. The van der Waals surface area contributed by atoms with Crippen LogP contribution in [0.3, 0.4) is 0 Å². The first-order valence-electron chi connectivity index (χ1n) is 8.74. The summed E-state index contributed by atoms with van der Waals surface area (Å²) in [6, 6.07) is 0. The van der Waals surface area contributed by atoms with E-state index in [1.165, 1.54) is 58.7 Å². The van der Waals surface area contributed by atoms with Gasteiger partial charge in [0.25, 0.3) is 0 Å². The van der Waals surface area contributed by atoms with E-state index < -0.39 is 0 Å². The van der Waals surface area contributed by atoms with E-state index in [-0.39, 0.29) is 0 Å². The van der Waals surface area contributed by atoms with Crippen molar-refractivity contribution in [3.63, 3.8) is 0 Å². The molecule has 2 aliphatic rings. The number of piperidine rings is 1. The van der Waals surface area contributed by atoms with Crippen LogP contribution in [0.2, 0.25) is 0 Å². The summed E-state index contributed by atoms with van der Waals surface area (Å²) in [5.41, 5.74) is 0. The van der Waals surface area contributed by atoms with Gasteiger partial charge in [-0.05, 0) is 39.3 Å². The van der Waals surface area contributed by atoms with Gasteiger partial charge in [0.05, 0.1) is 6.54 Å². The standard InChI is InChI=1S/C16H30N6/c1-3-22-16(17-14-18-22)13-21-6-4-5-15(12-21)11-20-9-7-19(2)8-10-20/h14-15H,3-13H2,1-2H3. The summed E-state index contributed by atoms with van der Waals surface area (Å²) in [7, 11) is 2.23. The number of hydrogen-bond donors (Lipinski definition) is 0. The first kappa shape index (κ1) is 15.9. The number of nitrogens with zero attached hydrogens (tertiary/aromatic N) is 6. The van der Waals surface area contributed by atoms with Gasteiger partial charge in [-0.2, -0.15) is 5.10 Å². The second-order valence-electron chi connectivity index (χ2n) is 6.84.